The Kier molecular flexibility index (Phi) is 3.85. The van der Waals surface area contributed by atoms with E-state index in [-0.39, 0.29) is 16.8 Å². The largest absolute Gasteiger partial charge is 0.349 e. The van der Waals surface area contributed by atoms with Crippen molar-refractivity contribution < 1.29 is 13.2 Å². The standard InChI is InChI=1S/C22H24N2O3S/c1-13-9-16(22(25)23-19-11-14-7-8-15(19)10-14)12-18-17-5-3-4-6-20(17)28(26,27)24(2)21(13)18/h3-6,9,12,14-15,19H,7-8,10-11H2,1-2H3,(H,23,25). The van der Waals surface area contributed by atoms with Crippen LogP contribution in [0.1, 0.15) is 41.6 Å². The summed E-state index contributed by atoms with van der Waals surface area (Å²) in [7, 11) is -2.01. The van der Waals surface area contributed by atoms with Crippen molar-refractivity contribution in [2.75, 3.05) is 11.4 Å². The molecule has 6 heteroatoms. The lowest BCUT2D eigenvalue weighted by Gasteiger charge is -2.31. The molecule has 2 aromatic carbocycles. The summed E-state index contributed by atoms with van der Waals surface area (Å²) in [5, 5.41) is 3.24. The minimum absolute atomic E-state index is 0.0583. The molecule has 2 aromatic rings. The molecule has 1 amide bonds. The van der Waals surface area contributed by atoms with Crippen molar-refractivity contribution in [3.05, 3.63) is 47.5 Å². The van der Waals surface area contributed by atoms with E-state index in [1.54, 1.807) is 25.2 Å². The molecule has 2 bridgehead atoms. The normalized spacial score (nSPS) is 26.6. The van der Waals surface area contributed by atoms with Gasteiger partial charge in [-0.3, -0.25) is 9.10 Å². The van der Waals surface area contributed by atoms with Gasteiger partial charge in [0.15, 0.2) is 0 Å². The molecule has 2 aliphatic carbocycles. The van der Waals surface area contributed by atoms with Gasteiger partial charge in [0.05, 0.1) is 10.6 Å². The lowest BCUT2D eigenvalue weighted by molar-refractivity contribution is 0.0923. The summed E-state index contributed by atoms with van der Waals surface area (Å²) in [5.74, 6) is 1.33. The summed E-state index contributed by atoms with van der Waals surface area (Å²) in [5.41, 5.74) is 3.49. The van der Waals surface area contributed by atoms with Crippen LogP contribution in [0.4, 0.5) is 5.69 Å². The Balaban J connectivity index is 1.56. The number of fused-ring (bicyclic) bond motifs is 5. The zero-order chi connectivity index (χ0) is 19.6. The van der Waals surface area contributed by atoms with E-state index in [2.05, 4.69) is 5.32 Å². The second-order valence-corrected chi connectivity index (χ2v) is 10.4. The number of carbonyl (C=O) groups excluding carboxylic acids is 1. The first-order valence-electron chi connectivity index (χ1n) is 9.90. The summed E-state index contributed by atoms with van der Waals surface area (Å²) in [6, 6.07) is 10.9. The van der Waals surface area contributed by atoms with Crippen LogP contribution in [-0.2, 0) is 10.0 Å². The van der Waals surface area contributed by atoms with Crippen LogP contribution in [0.25, 0.3) is 11.1 Å². The van der Waals surface area contributed by atoms with Gasteiger partial charge in [0, 0.05) is 29.8 Å². The van der Waals surface area contributed by atoms with Gasteiger partial charge in [0.1, 0.15) is 0 Å². The first-order chi connectivity index (χ1) is 13.4. The Morgan fingerprint density at radius 3 is 2.61 bits per heavy atom. The van der Waals surface area contributed by atoms with Crippen LogP contribution in [0.15, 0.2) is 41.3 Å². The molecule has 0 aromatic heterocycles. The number of hydrogen-bond acceptors (Lipinski definition) is 3. The van der Waals surface area contributed by atoms with Crippen molar-refractivity contribution in [1.29, 1.82) is 0 Å². The molecule has 28 heavy (non-hydrogen) atoms. The molecule has 2 fully saturated rings. The van der Waals surface area contributed by atoms with Gasteiger partial charge in [0.25, 0.3) is 15.9 Å². The molecule has 1 aliphatic heterocycles. The molecule has 3 unspecified atom stereocenters. The van der Waals surface area contributed by atoms with Crippen molar-refractivity contribution in [3.63, 3.8) is 0 Å². The third kappa shape index (κ3) is 2.50. The van der Waals surface area contributed by atoms with Crippen molar-refractivity contribution in [2.24, 2.45) is 11.8 Å². The second-order valence-electron chi connectivity index (χ2n) is 8.41. The van der Waals surface area contributed by atoms with E-state index in [4.69, 9.17) is 0 Å². The molecule has 0 spiro atoms. The van der Waals surface area contributed by atoms with Gasteiger partial charge in [-0.05, 0) is 61.8 Å². The number of anilines is 1. The first kappa shape index (κ1) is 17.7. The second kappa shape index (κ2) is 6.08. The number of rotatable bonds is 2. The average molecular weight is 397 g/mol. The topological polar surface area (TPSA) is 66.5 Å². The molecule has 146 valence electrons. The Morgan fingerprint density at radius 2 is 1.89 bits per heavy atom. The molecule has 1 heterocycles. The molecule has 0 saturated heterocycles. The highest BCUT2D eigenvalue weighted by molar-refractivity contribution is 7.93. The van der Waals surface area contributed by atoms with E-state index in [9.17, 15) is 13.2 Å². The summed E-state index contributed by atoms with van der Waals surface area (Å²) in [4.78, 5) is 13.3. The molecular weight excluding hydrogens is 372 g/mol. The zero-order valence-electron chi connectivity index (χ0n) is 16.1. The predicted octanol–water partition coefficient (Wildman–Crippen LogP) is 3.72. The maximum absolute atomic E-state index is 13.0. The van der Waals surface area contributed by atoms with Gasteiger partial charge in [-0.15, -0.1) is 0 Å². The van der Waals surface area contributed by atoms with Gasteiger partial charge >= 0.3 is 0 Å². The summed E-state index contributed by atoms with van der Waals surface area (Å²) >= 11 is 0. The van der Waals surface area contributed by atoms with Gasteiger partial charge in [-0.25, -0.2) is 8.42 Å². The molecular formula is C22H24N2O3S. The fourth-order valence-electron chi connectivity index (χ4n) is 5.39. The number of nitrogens with one attached hydrogen (secondary N) is 1. The van der Waals surface area contributed by atoms with Crippen molar-refractivity contribution in [2.45, 2.75) is 43.5 Å². The highest BCUT2D eigenvalue weighted by atomic mass is 32.2. The number of aryl methyl sites for hydroxylation is 1. The fourth-order valence-corrected chi connectivity index (χ4v) is 6.87. The van der Waals surface area contributed by atoms with Crippen LogP contribution < -0.4 is 9.62 Å². The van der Waals surface area contributed by atoms with Crippen LogP contribution >= 0.6 is 0 Å². The van der Waals surface area contributed by atoms with Crippen LogP contribution in [-0.4, -0.2) is 27.4 Å². The Bertz CT molecular complexity index is 1090. The number of carbonyl (C=O) groups is 1. The maximum atomic E-state index is 13.0. The smallest absolute Gasteiger partial charge is 0.264 e. The van der Waals surface area contributed by atoms with Crippen molar-refractivity contribution in [3.8, 4) is 11.1 Å². The van der Waals surface area contributed by atoms with Crippen LogP contribution in [0.3, 0.4) is 0 Å². The highest BCUT2D eigenvalue weighted by Gasteiger charge is 2.40. The fraction of sp³-hybridized carbons (Fsp3) is 0.409. The minimum atomic E-state index is -3.58. The maximum Gasteiger partial charge on any atom is 0.264 e. The monoisotopic (exact) mass is 396 g/mol. The van der Waals surface area contributed by atoms with Gasteiger partial charge in [-0.1, -0.05) is 24.6 Å². The average Bonchev–Trinajstić information content (AvgIpc) is 3.29. The van der Waals surface area contributed by atoms with Crippen LogP contribution in [0.2, 0.25) is 0 Å². The predicted molar refractivity (Wildman–Crippen MR) is 109 cm³/mol. The van der Waals surface area contributed by atoms with E-state index in [0.717, 1.165) is 23.5 Å². The summed E-state index contributed by atoms with van der Waals surface area (Å²) < 4.78 is 27.1. The van der Waals surface area contributed by atoms with E-state index in [1.165, 1.54) is 23.6 Å². The minimum Gasteiger partial charge on any atom is -0.349 e. The lowest BCUT2D eigenvalue weighted by atomic mass is 9.94. The SMILES string of the molecule is Cc1cc(C(=O)NC2CC3CCC2C3)cc2c1N(C)S(=O)(=O)c1ccccc1-2. The third-order valence-corrected chi connectivity index (χ3v) is 8.56. The van der Waals surface area contributed by atoms with Gasteiger partial charge < -0.3 is 5.32 Å². The first-order valence-corrected chi connectivity index (χ1v) is 11.3. The van der Waals surface area contributed by atoms with Gasteiger partial charge in [0.2, 0.25) is 0 Å². The van der Waals surface area contributed by atoms with E-state index in [0.29, 0.717) is 22.7 Å². The van der Waals surface area contributed by atoms with Gasteiger partial charge in [-0.2, -0.15) is 0 Å². The van der Waals surface area contributed by atoms with E-state index < -0.39 is 10.0 Å². The Morgan fingerprint density at radius 1 is 1.11 bits per heavy atom. The van der Waals surface area contributed by atoms with Crippen molar-refractivity contribution >= 4 is 21.6 Å². The summed E-state index contributed by atoms with van der Waals surface area (Å²) in [6.45, 7) is 1.87. The molecule has 5 nitrogen and oxygen atoms in total. The zero-order valence-corrected chi connectivity index (χ0v) is 16.9. The van der Waals surface area contributed by atoms with Crippen LogP contribution in [0.5, 0.6) is 0 Å². The number of nitrogens with zero attached hydrogens (tertiary/aromatic N) is 1. The molecule has 3 aliphatic rings. The Hall–Kier alpha value is -2.34. The number of amides is 1. The van der Waals surface area contributed by atoms with E-state index in [1.807, 2.05) is 25.1 Å². The lowest BCUT2D eigenvalue weighted by Crippen LogP contribution is -2.38. The number of hydrogen-bond donors (Lipinski definition) is 1. The quantitative estimate of drug-likeness (QED) is 0.841. The number of sulfonamides is 1. The third-order valence-electron chi connectivity index (χ3n) is 6.75. The van der Waals surface area contributed by atoms with E-state index >= 15 is 0 Å². The molecule has 3 atom stereocenters. The molecule has 0 radical (unpaired) electrons. The molecule has 5 rings (SSSR count). The Labute approximate surface area is 165 Å². The van der Waals surface area contributed by atoms with Crippen molar-refractivity contribution in [1.82, 2.24) is 5.32 Å². The highest BCUT2D eigenvalue weighted by Crippen LogP contribution is 2.46. The number of benzene rings is 2. The molecule has 1 N–H and O–H groups in total. The molecule has 2 saturated carbocycles. The van der Waals surface area contributed by atoms with Crippen LogP contribution in [0, 0.1) is 18.8 Å². The summed E-state index contributed by atoms with van der Waals surface area (Å²) in [6.07, 6.45) is 4.84.